The average molecular weight is 213 g/mol. The summed E-state index contributed by atoms with van der Waals surface area (Å²) in [5.74, 6) is 1.39. The van der Waals surface area contributed by atoms with Crippen molar-refractivity contribution in [2.75, 3.05) is 13.1 Å². The molecule has 0 aromatic rings. The molecule has 0 aromatic carbocycles. The van der Waals surface area contributed by atoms with Gasteiger partial charge in [0.25, 0.3) is 0 Å². The molecule has 0 aliphatic heterocycles. The molecule has 0 saturated carbocycles. The number of nitrogens with zero attached hydrogens (tertiary/aromatic N) is 1. The molecule has 90 valence electrons. The molecular weight excluding hydrogens is 186 g/mol. The molecule has 0 amide bonds. The van der Waals surface area contributed by atoms with Crippen molar-refractivity contribution in [3.8, 4) is 0 Å². The van der Waals surface area contributed by atoms with Crippen molar-refractivity contribution >= 4 is 6.29 Å². The monoisotopic (exact) mass is 213 g/mol. The zero-order chi connectivity index (χ0) is 11.8. The van der Waals surface area contributed by atoms with E-state index in [0.29, 0.717) is 24.3 Å². The van der Waals surface area contributed by atoms with Gasteiger partial charge >= 0.3 is 0 Å². The van der Waals surface area contributed by atoms with E-state index >= 15 is 0 Å². The second-order valence-corrected chi connectivity index (χ2v) is 5.33. The molecule has 1 unspecified atom stereocenters. The van der Waals surface area contributed by atoms with Crippen LogP contribution < -0.4 is 0 Å². The molecule has 0 N–H and O–H groups in total. The molecule has 0 aliphatic rings. The van der Waals surface area contributed by atoms with Crippen LogP contribution in [0.1, 0.15) is 47.5 Å². The molecule has 2 heteroatoms. The summed E-state index contributed by atoms with van der Waals surface area (Å²) in [6, 6.07) is 0.528. The van der Waals surface area contributed by atoms with E-state index in [1.807, 2.05) is 0 Å². The van der Waals surface area contributed by atoms with Crippen LogP contribution in [0.2, 0.25) is 0 Å². The summed E-state index contributed by atoms with van der Waals surface area (Å²) in [5, 5.41) is 0. The van der Waals surface area contributed by atoms with Crippen molar-refractivity contribution in [1.29, 1.82) is 0 Å². The van der Waals surface area contributed by atoms with Crippen LogP contribution in [0.4, 0.5) is 0 Å². The summed E-state index contributed by atoms with van der Waals surface area (Å²) in [4.78, 5) is 12.9. The lowest BCUT2D eigenvalue weighted by atomic mass is 10.1. The molecule has 0 rings (SSSR count). The molecule has 0 aromatic heterocycles. The van der Waals surface area contributed by atoms with Gasteiger partial charge in [0.2, 0.25) is 0 Å². The van der Waals surface area contributed by atoms with Crippen LogP contribution in [0.15, 0.2) is 0 Å². The van der Waals surface area contributed by atoms with Gasteiger partial charge < -0.3 is 9.69 Å². The quantitative estimate of drug-likeness (QED) is 0.578. The van der Waals surface area contributed by atoms with Gasteiger partial charge in [-0.05, 0) is 25.2 Å². The van der Waals surface area contributed by atoms with E-state index in [1.54, 1.807) is 0 Å². The summed E-state index contributed by atoms with van der Waals surface area (Å²) in [5.41, 5.74) is 0. The van der Waals surface area contributed by atoms with Gasteiger partial charge in [0.05, 0.1) is 0 Å². The maximum atomic E-state index is 10.4. The predicted octanol–water partition coefficient (Wildman–Crippen LogP) is 2.97. The van der Waals surface area contributed by atoms with Gasteiger partial charge in [-0.2, -0.15) is 0 Å². The summed E-state index contributed by atoms with van der Waals surface area (Å²) >= 11 is 0. The Kier molecular flexibility index (Phi) is 7.67. The fraction of sp³-hybridized carbons (Fsp3) is 0.923. The van der Waals surface area contributed by atoms with Gasteiger partial charge in [-0.1, -0.05) is 27.7 Å². The minimum absolute atomic E-state index is 0.528. The first-order valence-corrected chi connectivity index (χ1v) is 6.15. The standard InChI is InChI=1S/C13H27NO/c1-11(2)9-14(10-12(3)4)13(5)7-6-8-15/h8,11-13H,6-7,9-10H2,1-5H3. The summed E-state index contributed by atoms with van der Waals surface area (Å²) in [7, 11) is 0. The molecular formula is C13H27NO. The summed E-state index contributed by atoms with van der Waals surface area (Å²) in [6.07, 6.45) is 2.70. The van der Waals surface area contributed by atoms with Gasteiger partial charge in [-0.3, -0.25) is 0 Å². The lowest BCUT2D eigenvalue weighted by molar-refractivity contribution is -0.108. The Morgan fingerprint density at radius 3 is 1.80 bits per heavy atom. The van der Waals surface area contributed by atoms with Crippen molar-refractivity contribution < 1.29 is 4.79 Å². The first-order valence-electron chi connectivity index (χ1n) is 6.15. The SMILES string of the molecule is CC(C)CN(CC(C)C)C(C)CCC=O. The van der Waals surface area contributed by atoms with Crippen LogP contribution >= 0.6 is 0 Å². The Balaban J connectivity index is 4.13. The normalized spacial score (nSPS) is 13.9. The third-order valence-corrected chi connectivity index (χ3v) is 2.52. The maximum absolute atomic E-state index is 10.4. The largest absolute Gasteiger partial charge is 0.303 e. The predicted molar refractivity (Wildman–Crippen MR) is 66.0 cm³/mol. The minimum atomic E-state index is 0.528. The Hall–Kier alpha value is -0.370. The summed E-state index contributed by atoms with van der Waals surface area (Å²) < 4.78 is 0. The van der Waals surface area contributed by atoms with Gasteiger partial charge in [0, 0.05) is 25.6 Å². The Morgan fingerprint density at radius 2 is 1.47 bits per heavy atom. The van der Waals surface area contributed by atoms with E-state index < -0.39 is 0 Å². The van der Waals surface area contributed by atoms with Gasteiger partial charge in [-0.15, -0.1) is 0 Å². The van der Waals surface area contributed by atoms with Crippen LogP contribution in [0.3, 0.4) is 0 Å². The molecule has 1 atom stereocenters. The minimum Gasteiger partial charge on any atom is -0.303 e. The first kappa shape index (κ1) is 14.6. The molecule has 2 nitrogen and oxygen atoms in total. The van der Waals surface area contributed by atoms with Crippen molar-refractivity contribution in [2.45, 2.75) is 53.5 Å². The molecule has 0 heterocycles. The molecule has 0 spiro atoms. The first-order chi connectivity index (χ1) is 6.97. The third kappa shape index (κ3) is 7.55. The number of carbonyl (C=O) groups excluding carboxylic acids is 1. The highest BCUT2D eigenvalue weighted by Gasteiger charge is 2.15. The van der Waals surface area contributed by atoms with Gasteiger partial charge in [0.15, 0.2) is 0 Å². The van der Waals surface area contributed by atoms with Crippen molar-refractivity contribution in [3.63, 3.8) is 0 Å². The topological polar surface area (TPSA) is 20.3 Å². The van der Waals surface area contributed by atoms with Crippen LogP contribution in [0.5, 0.6) is 0 Å². The number of hydrogen-bond donors (Lipinski definition) is 0. The highest BCUT2D eigenvalue weighted by molar-refractivity contribution is 5.49. The molecule has 0 aliphatic carbocycles. The third-order valence-electron chi connectivity index (χ3n) is 2.52. The molecule has 15 heavy (non-hydrogen) atoms. The van der Waals surface area contributed by atoms with Crippen molar-refractivity contribution in [2.24, 2.45) is 11.8 Å². The maximum Gasteiger partial charge on any atom is 0.120 e. The number of carbonyl (C=O) groups is 1. The van der Waals surface area contributed by atoms with E-state index in [1.165, 1.54) is 0 Å². The van der Waals surface area contributed by atoms with Crippen molar-refractivity contribution in [1.82, 2.24) is 4.90 Å². The number of rotatable bonds is 8. The fourth-order valence-corrected chi connectivity index (χ4v) is 1.86. The van der Waals surface area contributed by atoms with Gasteiger partial charge in [-0.25, -0.2) is 0 Å². The van der Waals surface area contributed by atoms with Crippen LogP contribution in [0.25, 0.3) is 0 Å². The number of aldehydes is 1. The second kappa shape index (κ2) is 7.86. The van der Waals surface area contributed by atoms with E-state index in [0.717, 1.165) is 25.8 Å². The highest BCUT2D eigenvalue weighted by atomic mass is 16.1. The van der Waals surface area contributed by atoms with Crippen LogP contribution in [-0.2, 0) is 4.79 Å². The van der Waals surface area contributed by atoms with Gasteiger partial charge in [0.1, 0.15) is 6.29 Å². The fourth-order valence-electron chi connectivity index (χ4n) is 1.86. The Labute approximate surface area is 95.0 Å². The molecule has 0 fully saturated rings. The highest BCUT2D eigenvalue weighted by Crippen LogP contribution is 2.11. The van der Waals surface area contributed by atoms with E-state index in [4.69, 9.17) is 0 Å². The lowest BCUT2D eigenvalue weighted by Crippen LogP contribution is -2.38. The zero-order valence-electron chi connectivity index (χ0n) is 11.0. The van der Waals surface area contributed by atoms with E-state index in [9.17, 15) is 4.79 Å². The second-order valence-electron chi connectivity index (χ2n) is 5.33. The lowest BCUT2D eigenvalue weighted by Gasteiger charge is -2.31. The van der Waals surface area contributed by atoms with Crippen molar-refractivity contribution in [3.05, 3.63) is 0 Å². The Morgan fingerprint density at radius 1 is 1.00 bits per heavy atom. The number of hydrogen-bond acceptors (Lipinski definition) is 2. The molecule has 0 saturated heterocycles. The molecule has 0 radical (unpaired) electrons. The van der Waals surface area contributed by atoms with Crippen LogP contribution in [0, 0.1) is 11.8 Å². The Bertz CT molecular complexity index is 156. The summed E-state index contributed by atoms with van der Waals surface area (Å²) in [6.45, 7) is 13.5. The van der Waals surface area contributed by atoms with E-state index in [2.05, 4.69) is 39.5 Å². The average Bonchev–Trinajstić information content (AvgIpc) is 2.11. The van der Waals surface area contributed by atoms with Crippen LogP contribution in [-0.4, -0.2) is 30.3 Å². The van der Waals surface area contributed by atoms with E-state index in [-0.39, 0.29) is 0 Å². The zero-order valence-corrected chi connectivity index (χ0v) is 11.0. The molecule has 0 bridgehead atoms. The smallest absolute Gasteiger partial charge is 0.120 e.